The van der Waals surface area contributed by atoms with Gasteiger partial charge in [0.25, 0.3) is 0 Å². The summed E-state index contributed by atoms with van der Waals surface area (Å²) in [7, 11) is 0. The zero-order valence-corrected chi connectivity index (χ0v) is 15.9. The third kappa shape index (κ3) is 3.06. The molecule has 26 heavy (non-hydrogen) atoms. The van der Waals surface area contributed by atoms with Crippen molar-refractivity contribution in [3.05, 3.63) is 95.0 Å². The Bertz CT molecular complexity index is 1060. The van der Waals surface area contributed by atoms with E-state index in [0.29, 0.717) is 0 Å². The molecule has 3 heteroatoms. The molecule has 0 aliphatic rings. The van der Waals surface area contributed by atoms with Crippen LogP contribution >= 0.6 is 15.9 Å². The Morgan fingerprint density at radius 2 is 1.42 bits per heavy atom. The van der Waals surface area contributed by atoms with Crippen molar-refractivity contribution >= 4 is 15.9 Å². The zero-order chi connectivity index (χ0) is 18.1. The molecule has 0 saturated heterocycles. The van der Waals surface area contributed by atoms with Crippen LogP contribution in [0.15, 0.2) is 89.4 Å². The molecule has 2 nitrogen and oxygen atoms in total. The summed E-state index contributed by atoms with van der Waals surface area (Å²) in [5.74, 6) is 0.269. The van der Waals surface area contributed by atoms with Crippen molar-refractivity contribution in [2.24, 2.45) is 0 Å². The number of benzene rings is 3. The van der Waals surface area contributed by atoms with Gasteiger partial charge in [0.05, 0.1) is 11.4 Å². The summed E-state index contributed by atoms with van der Waals surface area (Å²) in [5.41, 5.74) is 6.62. The van der Waals surface area contributed by atoms with Gasteiger partial charge in [-0.05, 0) is 60.5 Å². The second kappa shape index (κ2) is 6.85. The fourth-order valence-corrected chi connectivity index (χ4v) is 3.51. The molecule has 0 spiro atoms. The van der Waals surface area contributed by atoms with Gasteiger partial charge < -0.3 is 9.67 Å². The number of nitrogens with zero attached hydrogens (tertiary/aromatic N) is 1. The van der Waals surface area contributed by atoms with E-state index in [-0.39, 0.29) is 5.75 Å². The van der Waals surface area contributed by atoms with Crippen molar-refractivity contribution in [1.82, 2.24) is 4.57 Å². The number of aromatic hydroxyl groups is 1. The minimum atomic E-state index is 0.269. The van der Waals surface area contributed by atoms with Gasteiger partial charge in [-0.2, -0.15) is 0 Å². The molecular weight excluding hydrogens is 386 g/mol. The van der Waals surface area contributed by atoms with E-state index in [9.17, 15) is 5.11 Å². The maximum atomic E-state index is 9.93. The molecule has 4 aromatic rings. The summed E-state index contributed by atoms with van der Waals surface area (Å²) >= 11 is 3.51. The van der Waals surface area contributed by atoms with E-state index in [1.165, 1.54) is 5.56 Å². The summed E-state index contributed by atoms with van der Waals surface area (Å²) in [6, 6.07) is 28.3. The van der Waals surface area contributed by atoms with E-state index in [4.69, 9.17) is 0 Å². The number of para-hydroxylation sites is 1. The van der Waals surface area contributed by atoms with Gasteiger partial charge >= 0.3 is 0 Å². The Kier molecular flexibility index (Phi) is 4.39. The number of hydrogen-bond acceptors (Lipinski definition) is 1. The number of rotatable bonds is 3. The standard InChI is InChI=1S/C23H18BrNO/c1-16-5-2-3-8-21(16)25-22(17-9-11-19(24)12-10-17)13-14-23(25)18-6-4-7-20(26)15-18/h2-15,26H,1H3. The highest BCUT2D eigenvalue weighted by Gasteiger charge is 2.15. The minimum absolute atomic E-state index is 0.269. The van der Waals surface area contributed by atoms with Gasteiger partial charge in [-0.25, -0.2) is 0 Å². The van der Waals surface area contributed by atoms with Gasteiger partial charge in [0, 0.05) is 15.7 Å². The van der Waals surface area contributed by atoms with Crippen LogP contribution in [0.1, 0.15) is 5.56 Å². The fourth-order valence-electron chi connectivity index (χ4n) is 3.25. The van der Waals surface area contributed by atoms with E-state index in [1.54, 1.807) is 12.1 Å². The first-order valence-corrected chi connectivity index (χ1v) is 9.26. The monoisotopic (exact) mass is 403 g/mol. The molecule has 1 heterocycles. The first-order chi connectivity index (χ1) is 12.6. The molecule has 0 radical (unpaired) electrons. The van der Waals surface area contributed by atoms with Gasteiger partial charge in [-0.3, -0.25) is 0 Å². The van der Waals surface area contributed by atoms with Crippen molar-refractivity contribution in [2.45, 2.75) is 6.92 Å². The fraction of sp³-hybridized carbons (Fsp3) is 0.0435. The van der Waals surface area contributed by atoms with E-state index in [0.717, 1.165) is 32.7 Å². The average Bonchev–Trinajstić information content (AvgIpc) is 3.07. The van der Waals surface area contributed by atoms with Gasteiger partial charge in [0.1, 0.15) is 5.75 Å². The number of aryl methyl sites for hydroxylation is 1. The first-order valence-electron chi connectivity index (χ1n) is 8.46. The molecule has 0 atom stereocenters. The Morgan fingerprint density at radius 3 is 2.12 bits per heavy atom. The van der Waals surface area contributed by atoms with Crippen LogP contribution in [0.4, 0.5) is 0 Å². The third-order valence-electron chi connectivity index (χ3n) is 4.52. The first kappa shape index (κ1) is 16.7. The minimum Gasteiger partial charge on any atom is -0.508 e. The second-order valence-electron chi connectivity index (χ2n) is 6.28. The average molecular weight is 404 g/mol. The normalized spacial score (nSPS) is 10.8. The maximum absolute atomic E-state index is 9.93. The third-order valence-corrected chi connectivity index (χ3v) is 5.05. The molecule has 0 saturated carbocycles. The highest BCUT2D eigenvalue weighted by molar-refractivity contribution is 9.10. The van der Waals surface area contributed by atoms with Crippen molar-refractivity contribution in [3.63, 3.8) is 0 Å². The molecule has 4 rings (SSSR count). The topological polar surface area (TPSA) is 25.2 Å². The van der Waals surface area contributed by atoms with Crippen LogP contribution in [0, 0.1) is 6.92 Å². The smallest absolute Gasteiger partial charge is 0.116 e. The van der Waals surface area contributed by atoms with Crippen LogP contribution in [0.3, 0.4) is 0 Å². The predicted molar refractivity (Wildman–Crippen MR) is 111 cm³/mol. The highest BCUT2D eigenvalue weighted by atomic mass is 79.9. The van der Waals surface area contributed by atoms with Crippen LogP contribution in [0.2, 0.25) is 0 Å². The molecule has 128 valence electrons. The van der Waals surface area contributed by atoms with Crippen LogP contribution in [0.5, 0.6) is 5.75 Å². The molecular formula is C23H18BrNO. The van der Waals surface area contributed by atoms with Crippen molar-refractivity contribution in [1.29, 1.82) is 0 Å². The van der Waals surface area contributed by atoms with Crippen LogP contribution in [0.25, 0.3) is 28.2 Å². The summed E-state index contributed by atoms with van der Waals surface area (Å²) in [6.45, 7) is 2.12. The summed E-state index contributed by atoms with van der Waals surface area (Å²) < 4.78 is 3.32. The Labute approximate surface area is 161 Å². The van der Waals surface area contributed by atoms with Crippen LogP contribution in [-0.4, -0.2) is 9.67 Å². The molecule has 0 aliphatic heterocycles. The summed E-state index contributed by atoms with van der Waals surface area (Å²) in [4.78, 5) is 0. The summed E-state index contributed by atoms with van der Waals surface area (Å²) in [6.07, 6.45) is 0. The lowest BCUT2D eigenvalue weighted by molar-refractivity contribution is 0.475. The van der Waals surface area contributed by atoms with E-state index in [1.807, 2.05) is 12.1 Å². The van der Waals surface area contributed by atoms with Crippen molar-refractivity contribution < 1.29 is 5.11 Å². The number of aromatic nitrogens is 1. The summed E-state index contributed by atoms with van der Waals surface area (Å²) in [5, 5.41) is 9.93. The number of hydrogen-bond donors (Lipinski definition) is 1. The van der Waals surface area contributed by atoms with Crippen molar-refractivity contribution in [3.8, 4) is 34.0 Å². The molecule has 1 N–H and O–H groups in total. The largest absolute Gasteiger partial charge is 0.508 e. The second-order valence-corrected chi connectivity index (χ2v) is 7.20. The quantitative estimate of drug-likeness (QED) is 0.410. The highest BCUT2D eigenvalue weighted by Crippen LogP contribution is 2.34. The number of halogens is 1. The molecule has 0 unspecified atom stereocenters. The number of phenolic OH excluding ortho intramolecular Hbond substituents is 1. The van der Waals surface area contributed by atoms with Crippen LogP contribution < -0.4 is 0 Å². The number of phenols is 1. The molecule has 0 fully saturated rings. The molecule has 0 bridgehead atoms. The Morgan fingerprint density at radius 1 is 0.731 bits per heavy atom. The molecule has 1 aromatic heterocycles. The van der Waals surface area contributed by atoms with Gasteiger partial charge in [-0.1, -0.05) is 58.4 Å². The lowest BCUT2D eigenvalue weighted by Crippen LogP contribution is -2.01. The predicted octanol–water partition coefficient (Wildman–Crippen LogP) is 6.59. The SMILES string of the molecule is Cc1ccccc1-n1c(-c2ccc(Br)cc2)ccc1-c1cccc(O)c1. The molecule has 0 aliphatic carbocycles. The van der Waals surface area contributed by atoms with E-state index in [2.05, 4.69) is 88.1 Å². The van der Waals surface area contributed by atoms with Gasteiger partial charge in [0.2, 0.25) is 0 Å². The lowest BCUT2D eigenvalue weighted by atomic mass is 10.1. The van der Waals surface area contributed by atoms with Gasteiger partial charge in [0.15, 0.2) is 0 Å². The molecule has 3 aromatic carbocycles. The zero-order valence-electron chi connectivity index (χ0n) is 14.4. The van der Waals surface area contributed by atoms with Crippen LogP contribution in [-0.2, 0) is 0 Å². The Balaban J connectivity index is 1.99. The van der Waals surface area contributed by atoms with Gasteiger partial charge in [-0.15, -0.1) is 0 Å². The maximum Gasteiger partial charge on any atom is 0.116 e. The lowest BCUT2D eigenvalue weighted by Gasteiger charge is -2.16. The molecule has 0 amide bonds. The van der Waals surface area contributed by atoms with E-state index >= 15 is 0 Å². The van der Waals surface area contributed by atoms with Crippen molar-refractivity contribution in [2.75, 3.05) is 0 Å². The van der Waals surface area contributed by atoms with E-state index < -0.39 is 0 Å². The Hall–Kier alpha value is -2.78.